The fourth-order valence-corrected chi connectivity index (χ4v) is 2.31. The van der Waals surface area contributed by atoms with Crippen LogP contribution in [-0.2, 0) is 19.4 Å². The molecule has 0 aromatic carbocycles. The number of nitrogens with zero attached hydrogens (tertiary/aromatic N) is 2. The third kappa shape index (κ3) is 1.89. The van der Waals surface area contributed by atoms with Crippen molar-refractivity contribution in [3.05, 3.63) is 17.5 Å². The van der Waals surface area contributed by atoms with Gasteiger partial charge in [-0.2, -0.15) is 5.10 Å². The number of hydrogen-bond donors (Lipinski definition) is 2. The van der Waals surface area contributed by atoms with Crippen molar-refractivity contribution in [2.45, 2.75) is 39.2 Å². The van der Waals surface area contributed by atoms with Gasteiger partial charge < -0.3 is 5.73 Å². The van der Waals surface area contributed by atoms with Gasteiger partial charge in [-0.05, 0) is 38.2 Å². The van der Waals surface area contributed by atoms with Crippen LogP contribution >= 0.6 is 0 Å². The fraction of sp³-hybridized carbons (Fsp3) is 0.636. The molecular formula is C11H18N4. The van der Waals surface area contributed by atoms with Crippen LogP contribution in [-0.4, -0.2) is 15.6 Å². The SMILES string of the molecule is CCn1ncc2c1C[C@H](C(=N)N)CCC2. The molecule has 0 saturated heterocycles. The highest BCUT2D eigenvalue weighted by atomic mass is 15.3. The highest BCUT2D eigenvalue weighted by Gasteiger charge is 2.21. The molecule has 4 nitrogen and oxygen atoms in total. The van der Waals surface area contributed by atoms with Gasteiger partial charge in [-0.15, -0.1) is 0 Å². The molecule has 0 unspecified atom stereocenters. The summed E-state index contributed by atoms with van der Waals surface area (Å²) in [5, 5.41) is 11.9. The summed E-state index contributed by atoms with van der Waals surface area (Å²) in [6.07, 6.45) is 6.10. The molecule has 4 heteroatoms. The van der Waals surface area contributed by atoms with Gasteiger partial charge >= 0.3 is 0 Å². The van der Waals surface area contributed by atoms with Crippen molar-refractivity contribution in [1.82, 2.24) is 9.78 Å². The van der Waals surface area contributed by atoms with E-state index < -0.39 is 0 Å². The van der Waals surface area contributed by atoms with E-state index in [0.717, 1.165) is 32.2 Å². The molecule has 1 aliphatic carbocycles. The molecule has 0 aliphatic heterocycles. The van der Waals surface area contributed by atoms with Crippen LogP contribution in [0.2, 0.25) is 0 Å². The lowest BCUT2D eigenvalue weighted by molar-refractivity contribution is 0.558. The first-order valence-corrected chi connectivity index (χ1v) is 5.59. The van der Waals surface area contributed by atoms with E-state index in [2.05, 4.69) is 12.0 Å². The van der Waals surface area contributed by atoms with E-state index in [0.29, 0.717) is 5.84 Å². The van der Waals surface area contributed by atoms with E-state index in [9.17, 15) is 0 Å². The molecule has 0 spiro atoms. The molecule has 1 aromatic rings. The standard InChI is InChI=1S/C11H18N4/c1-2-15-10-6-8(11(12)13)4-3-5-9(10)7-14-15/h7-8H,2-6H2,1H3,(H3,12,13)/t8-/m1/s1. The van der Waals surface area contributed by atoms with Crippen LogP contribution in [0.5, 0.6) is 0 Å². The van der Waals surface area contributed by atoms with Gasteiger partial charge in [0, 0.05) is 18.2 Å². The molecule has 2 rings (SSSR count). The average molecular weight is 206 g/mol. The van der Waals surface area contributed by atoms with Gasteiger partial charge in [0.1, 0.15) is 0 Å². The van der Waals surface area contributed by atoms with Gasteiger partial charge in [-0.3, -0.25) is 10.1 Å². The molecule has 0 fully saturated rings. The zero-order valence-corrected chi connectivity index (χ0v) is 9.16. The Morgan fingerprint density at radius 3 is 3.20 bits per heavy atom. The van der Waals surface area contributed by atoms with Crippen LogP contribution in [0.15, 0.2) is 6.20 Å². The van der Waals surface area contributed by atoms with Crippen LogP contribution in [0.25, 0.3) is 0 Å². The first-order chi connectivity index (χ1) is 7.22. The summed E-state index contributed by atoms with van der Waals surface area (Å²) in [6.45, 7) is 3.00. The van der Waals surface area contributed by atoms with E-state index in [1.54, 1.807) is 0 Å². The van der Waals surface area contributed by atoms with Crippen LogP contribution in [0.3, 0.4) is 0 Å². The lowest BCUT2D eigenvalue weighted by Gasteiger charge is -2.13. The van der Waals surface area contributed by atoms with Crippen LogP contribution in [0, 0.1) is 11.3 Å². The van der Waals surface area contributed by atoms with Crippen LogP contribution < -0.4 is 5.73 Å². The molecular weight excluding hydrogens is 188 g/mol. The molecule has 15 heavy (non-hydrogen) atoms. The highest BCUT2D eigenvalue weighted by molar-refractivity contribution is 5.79. The predicted molar refractivity (Wildman–Crippen MR) is 59.9 cm³/mol. The number of nitrogens with two attached hydrogens (primary N) is 1. The third-order valence-electron chi connectivity index (χ3n) is 3.21. The van der Waals surface area contributed by atoms with Gasteiger partial charge in [-0.1, -0.05) is 0 Å². The minimum Gasteiger partial charge on any atom is -0.387 e. The molecule has 0 amide bonds. The molecule has 82 valence electrons. The second-order valence-corrected chi connectivity index (χ2v) is 4.18. The van der Waals surface area contributed by atoms with Gasteiger partial charge in [0.15, 0.2) is 0 Å². The maximum atomic E-state index is 7.56. The number of hydrogen-bond acceptors (Lipinski definition) is 2. The Labute approximate surface area is 90.0 Å². The van der Waals surface area contributed by atoms with Crippen molar-refractivity contribution in [2.24, 2.45) is 11.7 Å². The fourth-order valence-electron chi connectivity index (χ4n) is 2.31. The minimum absolute atomic E-state index is 0.216. The van der Waals surface area contributed by atoms with Gasteiger partial charge in [0.25, 0.3) is 0 Å². The highest BCUT2D eigenvalue weighted by Crippen LogP contribution is 2.24. The summed E-state index contributed by atoms with van der Waals surface area (Å²) >= 11 is 0. The quantitative estimate of drug-likeness (QED) is 0.435. The van der Waals surface area contributed by atoms with Crippen LogP contribution in [0.1, 0.15) is 31.0 Å². The normalized spacial score (nSPS) is 20.7. The maximum Gasteiger partial charge on any atom is 0.0940 e. The third-order valence-corrected chi connectivity index (χ3v) is 3.21. The van der Waals surface area contributed by atoms with Crippen molar-refractivity contribution in [2.75, 3.05) is 0 Å². The first kappa shape index (κ1) is 10.2. The van der Waals surface area contributed by atoms with Crippen molar-refractivity contribution >= 4 is 5.84 Å². The molecule has 1 heterocycles. The molecule has 1 atom stereocenters. The van der Waals surface area contributed by atoms with E-state index in [4.69, 9.17) is 11.1 Å². The summed E-state index contributed by atoms with van der Waals surface area (Å²) < 4.78 is 2.04. The second kappa shape index (κ2) is 4.04. The van der Waals surface area contributed by atoms with E-state index in [1.165, 1.54) is 11.3 Å². The average Bonchev–Trinajstić information content (AvgIpc) is 2.46. The van der Waals surface area contributed by atoms with E-state index >= 15 is 0 Å². The maximum absolute atomic E-state index is 7.56. The van der Waals surface area contributed by atoms with Crippen molar-refractivity contribution in [3.63, 3.8) is 0 Å². The Morgan fingerprint density at radius 1 is 1.73 bits per heavy atom. The minimum atomic E-state index is 0.216. The molecule has 3 N–H and O–H groups in total. The monoisotopic (exact) mass is 206 g/mol. The Morgan fingerprint density at radius 2 is 2.53 bits per heavy atom. The van der Waals surface area contributed by atoms with E-state index in [1.807, 2.05) is 10.9 Å². The van der Waals surface area contributed by atoms with Crippen molar-refractivity contribution < 1.29 is 0 Å². The Hall–Kier alpha value is -1.32. The first-order valence-electron chi connectivity index (χ1n) is 5.59. The smallest absolute Gasteiger partial charge is 0.0940 e. The summed E-state index contributed by atoms with van der Waals surface area (Å²) in [5.74, 6) is 0.542. The van der Waals surface area contributed by atoms with Crippen LogP contribution in [0.4, 0.5) is 0 Å². The summed E-state index contributed by atoms with van der Waals surface area (Å²) in [6, 6.07) is 0. The lowest BCUT2D eigenvalue weighted by atomic mass is 9.99. The van der Waals surface area contributed by atoms with Crippen molar-refractivity contribution in [1.29, 1.82) is 5.41 Å². The number of amidine groups is 1. The Balaban J connectivity index is 2.29. The number of fused-ring (bicyclic) bond motifs is 1. The summed E-state index contributed by atoms with van der Waals surface area (Å²) in [7, 11) is 0. The van der Waals surface area contributed by atoms with E-state index in [-0.39, 0.29) is 5.92 Å². The van der Waals surface area contributed by atoms with Gasteiger partial charge in [0.05, 0.1) is 12.0 Å². The summed E-state index contributed by atoms with van der Waals surface area (Å²) in [5.41, 5.74) is 8.24. The number of nitrogens with one attached hydrogen (secondary N) is 1. The molecule has 1 aliphatic rings. The van der Waals surface area contributed by atoms with Crippen molar-refractivity contribution in [3.8, 4) is 0 Å². The Bertz CT molecular complexity index is 367. The zero-order valence-electron chi connectivity index (χ0n) is 9.16. The predicted octanol–water partition coefficient (Wildman–Crippen LogP) is 1.33. The molecule has 0 saturated carbocycles. The number of aryl methyl sites for hydroxylation is 2. The Kier molecular flexibility index (Phi) is 2.75. The second-order valence-electron chi connectivity index (χ2n) is 4.18. The van der Waals surface area contributed by atoms with Gasteiger partial charge in [-0.25, -0.2) is 0 Å². The van der Waals surface area contributed by atoms with Gasteiger partial charge in [0.2, 0.25) is 0 Å². The topological polar surface area (TPSA) is 67.7 Å². The zero-order chi connectivity index (χ0) is 10.8. The molecule has 1 aromatic heterocycles. The largest absolute Gasteiger partial charge is 0.387 e. The summed E-state index contributed by atoms with van der Waals surface area (Å²) in [4.78, 5) is 0. The lowest BCUT2D eigenvalue weighted by Crippen LogP contribution is -2.24. The molecule has 0 radical (unpaired) electrons. The molecule has 0 bridgehead atoms. The number of aromatic nitrogens is 2. The number of rotatable bonds is 2.